The van der Waals surface area contributed by atoms with E-state index in [0.29, 0.717) is 24.0 Å². The summed E-state index contributed by atoms with van der Waals surface area (Å²) in [6.07, 6.45) is 1.95. The number of carbonyl (C=O) groups is 1. The Bertz CT molecular complexity index is 633. The van der Waals surface area contributed by atoms with E-state index in [0.717, 1.165) is 5.56 Å². The molecule has 0 unspecified atom stereocenters. The van der Waals surface area contributed by atoms with Gasteiger partial charge in [-0.05, 0) is 31.0 Å². The fourth-order valence-corrected chi connectivity index (χ4v) is 2.36. The minimum Gasteiger partial charge on any atom is -0.346 e. The molecule has 0 atom stereocenters. The molecule has 8 heteroatoms. The molecule has 23 heavy (non-hydrogen) atoms. The van der Waals surface area contributed by atoms with E-state index in [9.17, 15) is 9.18 Å². The molecule has 0 aliphatic carbocycles. The summed E-state index contributed by atoms with van der Waals surface area (Å²) in [5, 5.41) is 6.54. The van der Waals surface area contributed by atoms with E-state index in [1.807, 2.05) is 18.2 Å². The Labute approximate surface area is 138 Å². The van der Waals surface area contributed by atoms with E-state index in [-0.39, 0.29) is 24.8 Å². The highest BCUT2D eigenvalue weighted by Crippen LogP contribution is 2.06. The molecule has 0 saturated carbocycles. The number of likely N-dealkylation sites (N-methyl/N-ethyl adjacent to an activating group) is 1. The molecular formula is C15H19FN4O2S. The van der Waals surface area contributed by atoms with Crippen LogP contribution < -0.4 is 5.32 Å². The van der Waals surface area contributed by atoms with Crippen LogP contribution in [0.1, 0.15) is 17.3 Å². The molecular weight excluding hydrogens is 319 g/mol. The van der Waals surface area contributed by atoms with Crippen LogP contribution in [0.4, 0.5) is 4.39 Å². The zero-order valence-corrected chi connectivity index (χ0v) is 13.9. The van der Waals surface area contributed by atoms with E-state index in [1.165, 1.54) is 12.1 Å². The lowest BCUT2D eigenvalue weighted by Crippen LogP contribution is -2.34. The van der Waals surface area contributed by atoms with Gasteiger partial charge in [-0.15, -0.1) is 0 Å². The fourth-order valence-electron chi connectivity index (χ4n) is 1.98. The normalized spacial score (nSPS) is 11.0. The van der Waals surface area contributed by atoms with Crippen LogP contribution in [-0.4, -0.2) is 40.8 Å². The molecule has 1 heterocycles. The standard InChI is InChI=1S/C15H19FN4O2S/c1-20(8-11-3-5-12(16)6-4-11)9-14(21)17-7-15-18-13(10-23-2)19-22-15/h3-6H,7-10H2,1-2H3,(H,17,21). The molecule has 124 valence electrons. The number of nitrogens with one attached hydrogen (secondary N) is 1. The van der Waals surface area contributed by atoms with Crippen molar-refractivity contribution in [1.29, 1.82) is 0 Å². The Morgan fingerprint density at radius 3 is 2.83 bits per heavy atom. The Morgan fingerprint density at radius 1 is 1.39 bits per heavy atom. The summed E-state index contributed by atoms with van der Waals surface area (Å²) >= 11 is 1.60. The van der Waals surface area contributed by atoms with Gasteiger partial charge in [0.2, 0.25) is 11.8 Å². The van der Waals surface area contributed by atoms with Crippen molar-refractivity contribution >= 4 is 17.7 Å². The fraction of sp³-hybridized carbons (Fsp3) is 0.400. The summed E-state index contributed by atoms with van der Waals surface area (Å²) in [5.41, 5.74) is 0.945. The molecule has 0 spiro atoms. The summed E-state index contributed by atoms with van der Waals surface area (Å²) in [6.45, 7) is 1.000. The molecule has 1 aromatic heterocycles. The molecule has 0 fully saturated rings. The number of aromatic nitrogens is 2. The molecule has 2 aromatic rings. The van der Waals surface area contributed by atoms with Crippen molar-refractivity contribution in [2.45, 2.75) is 18.8 Å². The van der Waals surface area contributed by atoms with Crippen molar-refractivity contribution in [2.75, 3.05) is 19.8 Å². The largest absolute Gasteiger partial charge is 0.346 e. The number of rotatable bonds is 8. The zero-order chi connectivity index (χ0) is 16.7. The first-order valence-electron chi connectivity index (χ1n) is 7.07. The van der Waals surface area contributed by atoms with Gasteiger partial charge in [0, 0.05) is 6.54 Å². The molecule has 0 saturated heterocycles. The van der Waals surface area contributed by atoms with Crippen molar-refractivity contribution in [3.8, 4) is 0 Å². The minimum absolute atomic E-state index is 0.140. The lowest BCUT2D eigenvalue weighted by molar-refractivity contribution is -0.122. The van der Waals surface area contributed by atoms with Crippen LogP contribution in [0.3, 0.4) is 0 Å². The van der Waals surface area contributed by atoms with Crippen LogP contribution in [0.2, 0.25) is 0 Å². The highest BCUT2D eigenvalue weighted by atomic mass is 32.2. The maximum absolute atomic E-state index is 12.8. The van der Waals surface area contributed by atoms with Crippen LogP contribution in [0.15, 0.2) is 28.8 Å². The summed E-state index contributed by atoms with van der Waals surface area (Å²) in [5.74, 6) is 1.28. The summed E-state index contributed by atoms with van der Waals surface area (Å²) < 4.78 is 17.9. The lowest BCUT2D eigenvalue weighted by Gasteiger charge is -2.15. The highest BCUT2D eigenvalue weighted by molar-refractivity contribution is 7.97. The van der Waals surface area contributed by atoms with Crippen LogP contribution in [-0.2, 0) is 23.6 Å². The van der Waals surface area contributed by atoms with Crippen LogP contribution in [0.25, 0.3) is 0 Å². The molecule has 1 aromatic carbocycles. The topological polar surface area (TPSA) is 71.3 Å². The predicted molar refractivity (Wildman–Crippen MR) is 86.1 cm³/mol. The number of carbonyl (C=O) groups excluding carboxylic acids is 1. The van der Waals surface area contributed by atoms with Gasteiger partial charge in [0.15, 0.2) is 5.82 Å². The van der Waals surface area contributed by atoms with E-state index in [2.05, 4.69) is 15.5 Å². The predicted octanol–water partition coefficient (Wildman–Crippen LogP) is 1.82. The molecule has 0 aliphatic rings. The summed E-state index contributed by atoms with van der Waals surface area (Å²) in [4.78, 5) is 17.9. The van der Waals surface area contributed by atoms with E-state index < -0.39 is 0 Å². The van der Waals surface area contributed by atoms with Crippen molar-refractivity contribution in [3.63, 3.8) is 0 Å². The highest BCUT2D eigenvalue weighted by Gasteiger charge is 2.10. The van der Waals surface area contributed by atoms with E-state index >= 15 is 0 Å². The van der Waals surface area contributed by atoms with Gasteiger partial charge in [0.1, 0.15) is 5.82 Å². The number of amides is 1. The second-order valence-electron chi connectivity index (χ2n) is 5.11. The zero-order valence-electron chi connectivity index (χ0n) is 13.1. The van der Waals surface area contributed by atoms with Crippen molar-refractivity contribution in [1.82, 2.24) is 20.4 Å². The third kappa shape index (κ3) is 5.99. The second-order valence-corrected chi connectivity index (χ2v) is 5.98. The first kappa shape index (κ1) is 17.4. The lowest BCUT2D eigenvalue weighted by atomic mass is 10.2. The van der Waals surface area contributed by atoms with E-state index in [1.54, 1.807) is 23.9 Å². The Balaban J connectivity index is 1.73. The smallest absolute Gasteiger partial charge is 0.246 e. The number of benzene rings is 1. The van der Waals surface area contributed by atoms with Gasteiger partial charge < -0.3 is 9.84 Å². The Kier molecular flexibility index (Phi) is 6.54. The number of hydrogen-bond acceptors (Lipinski definition) is 6. The van der Waals surface area contributed by atoms with Crippen molar-refractivity contribution in [3.05, 3.63) is 47.4 Å². The average Bonchev–Trinajstić information content (AvgIpc) is 2.95. The van der Waals surface area contributed by atoms with Gasteiger partial charge in [-0.2, -0.15) is 16.7 Å². The third-order valence-electron chi connectivity index (χ3n) is 3.00. The summed E-state index contributed by atoms with van der Waals surface area (Å²) in [7, 11) is 1.83. The van der Waals surface area contributed by atoms with Gasteiger partial charge >= 0.3 is 0 Å². The first-order valence-corrected chi connectivity index (χ1v) is 8.46. The van der Waals surface area contributed by atoms with Gasteiger partial charge in [-0.25, -0.2) is 4.39 Å². The summed E-state index contributed by atoms with van der Waals surface area (Å²) in [6, 6.07) is 6.22. The Hall–Kier alpha value is -1.93. The molecule has 0 bridgehead atoms. The number of halogens is 1. The van der Waals surface area contributed by atoms with Crippen molar-refractivity contribution in [2.24, 2.45) is 0 Å². The third-order valence-corrected chi connectivity index (χ3v) is 3.55. The quantitative estimate of drug-likeness (QED) is 0.792. The average molecular weight is 338 g/mol. The number of nitrogens with zero attached hydrogens (tertiary/aromatic N) is 3. The number of thioether (sulfide) groups is 1. The van der Waals surface area contributed by atoms with Gasteiger partial charge in [0.25, 0.3) is 0 Å². The maximum Gasteiger partial charge on any atom is 0.246 e. The van der Waals surface area contributed by atoms with Gasteiger partial charge in [-0.3, -0.25) is 9.69 Å². The van der Waals surface area contributed by atoms with Crippen LogP contribution in [0, 0.1) is 5.82 Å². The van der Waals surface area contributed by atoms with Gasteiger partial charge in [-0.1, -0.05) is 17.3 Å². The molecule has 0 radical (unpaired) electrons. The Morgan fingerprint density at radius 2 is 2.13 bits per heavy atom. The molecule has 2 rings (SSSR count). The van der Waals surface area contributed by atoms with Gasteiger partial charge in [0.05, 0.1) is 18.8 Å². The maximum atomic E-state index is 12.8. The molecule has 6 nitrogen and oxygen atoms in total. The number of hydrogen-bond donors (Lipinski definition) is 1. The molecule has 0 aliphatic heterocycles. The molecule has 1 N–H and O–H groups in total. The monoisotopic (exact) mass is 338 g/mol. The SMILES string of the molecule is CSCc1noc(CNC(=O)CN(C)Cc2ccc(F)cc2)n1. The van der Waals surface area contributed by atoms with Crippen molar-refractivity contribution < 1.29 is 13.7 Å². The second kappa shape index (κ2) is 8.64. The molecule has 1 amide bonds. The van der Waals surface area contributed by atoms with Crippen LogP contribution >= 0.6 is 11.8 Å². The van der Waals surface area contributed by atoms with Crippen LogP contribution in [0.5, 0.6) is 0 Å². The first-order chi connectivity index (χ1) is 11.1. The van der Waals surface area contributed by atoms with E-state index in [4.69, 9.17) is 4.52 Å². The minimum atomic E-state index is -0.269.